The first-order chi connectivity index (χ1) is 15.0. The fourth-order valence-corrected chi connectivity index (χ4v) is 3.49. The number of halogens is 1. The molecule has 8 heteroatoms. The highest BCUT2D eigenvalue weighted by Gasteiger charge is 2.11. The van der Waals surface area contributed by atoms with Crippen LogP contribution in [0, 0.1) is 6.92 Å². The van der Waals surface area contributed by atoms with Crippen molar-refractivity contribution in [3.8, 4) is 17.1 Å². The summed E-state index contributed by atoms with van der Waals surface area (Å²) in [5.41, 5.74) is 3.44. The number of H-pyrrole nitrogens is 1. The number of hydrogen-bond donors (Lipinski definition) is 2. The predicted octanol–water partition coefficient (Wildman–Crippen LogP) is 3.27. The second-order valence-electron chi connectivity index (χ2n) is 7.40. The van der Waals surface area contributed by atoms with Crippen molar-refractivity contribution in [1.29, 1.82) is 0 Å². The van der Waals surface area contributed by atoms with Gasteiger partial charge in [-0.1, -0.05) is 11.6 Å². The molecule has 0 unspecified atom stereocenters. The third-order valence-corrected chi connectivity index (χ3v) is 5.54. The second kappa shape index (κ2) is 9.32. The topological polar surface area (TPSA) is 88.9 Å². The number of fused-ring (bicyclic) bond motifs is 1. The van der Waals surface area contributed by atoms with E-state index in [9.17, 15) is 4.79 Å². The molecule has 2 heterocycles. The lowest BCUT2D eigenvalue weighted by molar-refractivity contribution is -0.539. The number of nitrogens with zero attached hydrogens (tertiary/aromatic N) is 3. The van der Waals surface area contributed by atoms with E-state index in [1.165, 1.54) is 6.07 Å². The van der Waals surface area contributed by atoms with Crippen LogP contribution in [0.2, 0.25) is 5.02 Å². The Balaban J connectivity index is 1.45. The third kappa shape index (κ3) is 4.95. The van der Waals surface area contributed by atoms with Gasteiger partial charge in [0.15, 0.2) is 11.5 Å². The lowest BCUT2D eigenvalue weighted by Gasteiger charge is -2.09. The quantitative estimate of drug-likeness (QED) is 0.326. The molecule has 0 saturated heterocycles. The monoisotopic (exact) mass is 438 g/mol. The molecule has 31 heavy (non-hydrogen) atoms. The van der Waals surface area contributed by atoms with Gasteiger partial charge in [0.25, 0.3) is 5.56 Å². The fraction of sp³-hybridized carbons (Fsp3) is 0.261. The Hall–Kier alpha value is -3.16. The van der Waals surface area contributed by atoms with Crippen molar-refractivity contribution in [3.63, 3.8) is 0 Å². The van der Waals surface area contributed by atoms with Gasteiger partial charge in [0.2, 0.25) is 0 Å². The number of aromatic nitrogens is 4. The van der Waals surface area contributed by atoms with E-state index in [4.69, 9.17) is 21.3 Å². The fourth-order valence-electron chi connectivity index (χ4n) is 3.37. The van der Waals surface area contributed by atoms with E-state index < -0.39 is 0 Å². The zero-order chi connectivity index (χ0) is 21.8. The van der Waals surface area contributed by atoms with Crippen molar-refractivity contribution < 1.29 is 10.1 Å². The summed E-state index contributed by atoms with van der Waals surface area (Å²) >= 11 is 6.06. The molecule has 0 atom stereocenters. The maximum Gasteiger partial charge on any atom is 0.266 e. The summed E-state index contributed by atoms with van der Waals surface area (Å²) in [6.07, 6.45) is 2.41. The van der Waals surface area contributed by atoms with E-state index in [0.29, 0.717) is 24.5 Å². The number of ether oxygens (including phenoxy) is 1. The molecule has 0 fully saturated rings. The average molecular weight is 439 g/mol. The highest BCUT2D eigenvalue weighted by atomic mass is 35.5. The highest BCUT2D eigenvalue weighted by Crippen LogP contribution is 2.21. The van der Waals surface area contributed by atoms with Crippen LogP contribution in [-0.2, 0) is 6.42 Å². The summed E-state index contributed by atoms with van der Waals surface area (Å²) in [5, 5.41) is 5.56. The molecule has 0 amide bonds. The van der Waals surface area contributed by atoms with Gasteiger partial charge in [-0.3, -0.25) is 9.89 Å². The van der Waals surface area contributed by atoms with Gasteiger partial charge in [0.1, 0.15) is 17.3 Å². The molecule has 3 N–H and O–H groups in total. The Labute approximate surface area is 185 Å². The van der Waals surface area contributed by atoms with Crippen molar-refractivity contribution in [3.05, 3.63) is 75.3 Å². The molecule has 2 aromatic carbocycles. The van der Waals surface area contributed by atoms with Crippen molar-refractivity contribution in [2.24, 2.45) is 0 Å². The zero-order valence-corrected chi connectivity index (χ0v) is 18.3. The number of benzene rings is 2. The molecule has 0 bridgehead atoms. The Morgan fingerprint density at radius 2 is 1.90 bits per heavy atom. The normalized spacial score (nSPS) is 11.2. The molecular weight excluding hydrogens is 414 g/mol. The molecule has 4 aromatic rings. The number of quaternary nitrogens is 1. The van der Waals surface area contributed by atoms with Crippen LogP contribution < -0.4 is 15.6 Å². The lowest BCUT2D eigenvalue weighted by atomic mass is 10.2. The summed E-state index contributed by atoms with van der Waals surface area (Å²) in [6.45, 7) is 2.55. The van der Waals surface area contributed by atoms with E-state index in [2.05, 4.69) is 10.1 Å². The Morgan fingerprint density at radius 3 is 2.65 bits per heavy atom. The maximum absolute atomic E-state index is 11.9. The van der Waals surface area contributed by atoms with Crippen LogP contribution in [0.4, 0.5) is 5.69 Å². The first kappa shape index (κ1) is 21.1. The van der Waals surface area contributed by atoms with Gasteiger partial charge in [-0.2, -0.15) is 0 Å². The van der Waals surface area contributed by atoms with Gasteiger partial charge in [0.05, 0.1) is 13.7 Å². The number of aryl methyl sites for hydroxylation is 2. The van der Waals surface area contributed by atoms with Crippen LogP contribution in [0.25, 0.3) is 17.0 Å². The van der Waals surface area contributed by atoms with Gasteiger partial charge in [-0.05, 0) is 67.8 Å². The average Bonchev–Trinajstić information content (AvgIpc) is 3.16. The molecule has 4 rings (SSSR count). The molecule has 0 saturated carbocycles. The van der Waals surface area contributed by atoms with Gasteiger partial charge in [0, 0.05) is 23.1 Å². The smallest absolute Gasteiger partial charge is 0.266 e. The summed E-state index contributed by atoms with van der Waals surface area (Å²) in [4.78, 5) is 21.2. The number of nitrogens with one attached hydrogen (secondary N) is 1. The van der Waals surface area contributed by atoms with E-state index in [1.807, 2.05) is 61.8 Å². The summed E-state index contributed by atoms with van der Waals surface area (Å²) in [5.74, 6) is 2.20. The molecule has 0 spiro atoms. The van der Waals surface area contributed by atoms with Crippen molar-refractivity contribution in [2.75, 3.05) is 13.7 Å². The van der Waals surface area contributed by atoms with Crippen LogP contribution in [0.15, 0.2) is 53.3 Å². The van der Waals surface area contributed by atoms with Gasteiger partial charge in [-0.15, -0.1) is 0 Å². The zero-order valence-electron chi connectivity index (χ0n) is 17.6. The number of hydrogen-bond acceptors (Lipinski definition) is 4. The molecule has 160 valence electrons. The van der Waals surface area contributed by atoms with Crippen molar-refractivity contribution in [1.82, 2.24) is 19.6 Å². The van der Waals surface area contributed by atoms with Crippen molar-refractivity contribution >= 4 is 22.9 Å². The minimum absolute atomic E-state index is 0.190. The van der Waals surface area contributed by atoms with Gasteiger partial charge < -0.3 is 10.1 Å². The molecule has 0 aliphatic carbocycles. The van der Waals surface area contributed by atoms with Crippen LogP contribution in [0.1, 0.15) is 24.2 Å². The minimum atomic E-state index is -0.190. The van der Waals surface area contributed by atoms with E-state index in [0.717, 1.165) is 46.3 Å². The van der Waals surface area contributed by atoms with Crippen LogP contribution in [0.5, 0.6) is 5.75 Å². The summed E-state index contributed by atoms with van der Waals surface area (Å²) in [6, 6.07) is 15.2. The first-order valence-electron chi connectivity index (χ1n) is 10.3. The number of unbranched alkanes of at least 4 members (excludes halogenated alkanes) is 1. The van der Waals surface area contributed by atoms with Gasteiger partial charge >= 0.3 is 0 Å². The van der Waals surface area contributed by atoms with E-state index in [1.54, 1.807) is 4.52 Å². The Bertz CT molecular complexity index is 1250. The lowest BCUT2D eigenvalue weighted by Crippen LogP contribution is -2.72. The van der Waals surface area contributed by atoms with E-state index >= 15 is 0 Å². The van der Waals surface area contributed by atoms with E-state index in [-0.39, 0.29) is 5.56 Å². The molecular formula is C23H25ClN5O2+. The summed E-state index contributed by atoms with van der Waals surface area (Å²) in [7, 11) is 2.00. The molecule has 0 radical (unpaired) electrons. The number of nitrogens with two attached hydrogens (primary N) is 1. The summed E-state index contributed by atoms with van der Waals surface area (Å²) < 4.78 is 7.50. The first-order valence-corrected chi connectivity index (χ1v) is 10.7. The SMILES string of the molecule is C[NH2+]c1ccc(-c2nc(CCCCOc3ccc(Cl)c(C)c3)n3[nH]c(=O)cc3n2)cc1. The minimum Gasteiger partial charge on any atom is -0.494 e. The number of rotatable bonds is 8. The van der Waals surface area contributed by atoms with Crippen LogP contribution in [-0.4, -0.2) is 33.2 Å². The number of aromatic amines is 1. The predicted molar refractivity (Wildman–Crippen MR) is 121 cm³/mol. The standard InChI is InChI=1S/C23H24ClN5O2/c1-15-13-18(10-11-19(15)24)31-12-4-3-5-20-26-23(16-6-8-17(25-2)9-7-16)27-21-14-22(30)28-29(20)21/h6-11,13-14,25H,3-5,12H2,1-2H3,(H,28,30)/p+1. The second-order valence-corrected chi connectivity index (χ2v) is 7.81. The third-order valence-electron chi connectivity index (χ3n) is 5.12. The molecule has 0 aliphatic heterocycles. The highest BCUT2D eigenvalue weighted by molar-refractivity contribution is 6.31. The van der Waals surface area contributed by atoms with Crippen LogP contribution in [0.3, 0.4) is 0 Å². The maximum atomic E-state index is 11.9. The molecule has 0 aliphatic rings. The Morgan fingerprint density at radius 1 is 1.10 bits per heavy atom. The largest absolute Gasteiger partial charge is 0.494 e. The van der Waals surface area contributed by atoms with Gasteiger partial charge in [-0.25, -0.2) is 14.5 Å². The molecule has 7 nitrogen and oxygen atoms in total. The molecule has 2 aromatic heterocycles. The van der Waals surface area contributed by atoms with Crippen LogP contribution >= 0.6 is 11.6 Å². The van der Waals surface area contributed by atoms with Crippen molar-refractivity contribution in [2.45, 2.75) is 26.2 Å². The Kier molecular flexibility index (Phi) is 6.34.